The van der Waals surface area contributed by atoms with Crippen molar-refractivity contribution < 1.29 is 4.57 Å². The molecule has 190 valence electrons. The maximum absolute atomic E-state index is 7.60. The summed E-state index contributed by atoms with van der Waals surface area (Å²) in [7, 11) is 2.19. The van der Waals surface area contributed by atoms with E-state index in [4.69, 9.17) is 6.57 Å². The minimum atomic E-state index is -0.400. The van der Waals surface area contributed by atoms with E-state index in [1.54, 1.807) is 0 Å². The lowest BCUT2D eigenvalue weighted by Gasteiger charge is -2.28. The first-order chi connectivity index (χ1) is 18.0. The highest BCUT2D eigenvalue weighted by molar-refractivity contribution is 8.00. The topological polar surface area (TPSA) is 8.24 Å². The van der Waals surface area contributed by atoms with Crippen LogP contribution in [0.4, 0.5) is 0 Å². The van der Waals surface area contributed by atoms with Gasteiger partial charge in [0.05, 0.1) is 17.4 Å². The van der Waals surface area contributed by atoms with Crippen molar-refractivity contribution in [3.63, 3.8) is 0 Å². The number of hydrogen-bond donors (Lipinski definition) is 0. The van der Waals surface area contributed by atoms with E-state index in [0.717, 1.165) is 12.8 Å². The number of benzene rings is 4. The van der Waals surface area contributed by atoms with Crippen LogP contribution < -0.4 is 4.57 Å². The van der Waals surface area contributed by atoms with Crippen LogP contribution in [0.2, 0.25) is 0 Å². The molecule has 38 heavy (non-hydrogen) atoms. The standard InChI is InChI=1S/C35H35N2S/c1-21-24-11-9-10-12-25(24)28(20-34(2,3)4)33-30(21)32-31-26(15-16-37(32)8)27-17-22(19-35(5,6)36-7)13-14-23(27)18-29(31)38-33/h9-18H,19-20H2,1-6,8H3/q+1. The second-order valence-electron chi connectivity index (χ2n) is 12.8. The van der Waals surface area contributed by atoms with Crippen molar-refractivity contribution in [3.05, 3.63) is 88.9 Å². The molecule has 2 heterocycles. The van der Waals surface area contributed by atoms with Gasteiger partial charge in [-0.15, -0.1) is 0 Å². The van der Waals surface area contributed by atoms with Gasteiger partial charge in [0, 0.05) is 35.1 Å². The van der Waals surface area contributed by atoms with Crippen molar-refractivity contribution in [3.8, 4) is 11.3 Å². The lowest BCUT2D eigenvalue weighted by Crippen LogP contribution is -2.32. The molecule has 0 aliphatic carbocycles. The summed E-state index contributed by atoms with van der Waals surface area (Å²) in [6.45, 7) is 21.0. The Labute approximate surface area is 230 Å². The number of hydrogen-bond acceptors (Lipinski definition) is 1. The van der Waals surface area contributed by atoms with E-state index in [0.29, 0.717) is 0 Å². The molecule has 0 fully saturated rings. The van der Waals surface area contributed by atoms with Crippen LogP contribution >= 0.6 is 11.8 Å². The summed E-state index contributed by atoms with van der Waals surface area (Å²) in [6.07, 6.45) is 4.02. The Morgan fingerprint density at radius 1 is 0.868 bits per heavy atom. The fraction of sp³-hybridized carbons (Fsp3) is 0.314. The van der Waals surface area contributed by atoms with Gasteiger partial charge in [-0.25, -0.2) is 11.1 Å². The summed E-state index contributed by atoms with van der Waals surface area (Å²) in [6, 6.07) is 20.4. The van der Waals surface area contributed by atoms with E-state index in [2.05, 4.69) is 105 Å². The van der Waals surface area contributed by atoms with E-state index in [1.807, 2.05) is 25.6 Å². The number of aromatic nitrogens is 1. The number of rotatable bonds is 3. The van der Waals surface area contributed by atoms with Crippen LogP contribution in [0.15, 0.2) is 70.6 Å². The van der Waals surface area contributed by atoms with Gasteiger partial charge in [0.25, 0.3) is 0 Å². The second kappa shape index (κ2) is 8.58. The van der Waals surface area contributed by atoms with Crippen molar-refractivity contribution in [1.29, 1.82) is 0 Å². The highest BCUT2D eigenvalue weighted by Crippen LogP contribution is 2.53. The molecule has 0 saturated carbocycles. The zero-order valence-corrected chi connectivity index (χ0v) is 24.3. The molecule has 1 aliphatic heterocycles. The van der Waals surface area contributed by atoms with Crippen molar-refractivity contribution in [2.45, 2.75) is 69.7 Å². The molecule has 6 rings (SSSR count). The highest BCUT2D eigenvalue weighted by Gasteiger charge is 2.33. The summed E-state index contributed by atoms with van der Waals surface area (Å²) < 4.78 is 2.32. The Balaban J connectivity index is 1.70. The van der Waals surface area contributed by atoms with Crippen LogP contribution in [-0.4, -0.2) is 5.54 Å². The van der Waals surface area contributed by atoms with Gasteiger partial charge in [-0.1, -0.05) is 75.0 Å². The first kappa shape index (κ1) is 25.0. The van der Waals surface area contributed by atoms with E-state index < -0.39 is 5.54 Å². The normalized spacial score (nSPS) is 13.2. The molecule has 2 nitrogen and oxygen atoms in total. The molecule has 1 aliphatic rings. The van der Waals surface area contributed by atoms with E-state index in [9.17, 15) is 0 Å². The van der Waals surface area contributed by atoms with Crippen molar-refractivity contribution >= 4 is 44.1 Å². The van der Waals surface area contributed by atoms with Crippen LogP contribution in [0, 0.1) is 18.9 Å². The van der Waals surface area contributed by atoms with Crippen molar-refractivity contribution in [2.75, 3.05) is 0 Å². The molecule has 0 radical (unpaired) electrons. The van der Waals surface area contributed by atoms with E-state index in [-0.39, 0.29) is 5.41 Å². The molecule has 0 amide bonds. The number of fused-ring (bicyclic) bond motifs is 5. The third kappa shape index (κ3) is 3.98. The van der Waals surface area contributed by atoms with Gasteiger partial charge in [-0.3, -0.25) is 0 Å². The maximum Gasteiger partial charge on any atom is 0.231 e. The molecule has 0 unspecified atom stereocenters. The third-order valence-corrected chi connectivity index (χ3v) is 9.09. The van der Waals surface area contributed by atoms with Gasteiger partial charge in [-0.2, -0.15) is 0 Å². The molecular weight excluding hydrogens is 480 g/mol. The second-order valence-corrected chi connectivity index (χ2v) is 13.8. The molecule has 1 aromatic heterocycles. The lowest BCUT2D eigenvalue weighted by molar-refractivity contribution is -0.659. The molecule has 0 N–H and O–H groups in total. The lowest BCUT2D eigenvalue weighted by atomic mass is 9.83. The number of aryl methyl sites for hydroxylation is 2. The van der Waals surface area contributed by atoms with Crippen LogP contribution in [0.1, 0.15) is 51.3 Å². The minimum absolute atomic E-state index is 0.180. The predicted molar refractivity (Wildman–Crippen MR) is 162 cm³/mol. The van der Waals surface area contributed by atoms with Gasteiger partial charge in [0.1, 0.15) is 7.05 Å². The summed E-state index contributed by atoms with van der Waals surface area (Å²) in [5, 5.41) is 7.94. The minimum Gasteiger partial charge on any atom is -0.311 e. The van der Waals surface area contributed by atoms with Gasteiger partial charge in [0.15, 0.2) is 6.20 Å². The molecule has 0 spiro atoms. The quantitative estimate of drug-likeness (QED) is 0.130. The smallest absolute Gasteiger partial charge is 0.231 e. The van der Waals surface area contributed by atoms with Crippen LogP contribution in [0.25, 0.3) is 48.4 Å². The molecule has 0 atom stereocenters. The molecule has 3 heteroatoms. The zero-order valence-electron chi connectivity index (χ0n) is 23.5. The third-order valence-electron chi connectivity index (χ3n) is 7.89. The monoisotopic (exact) mass is 515 g/mol. The SMILES string of the molecule is [C-]#[N+]C(C)(C)Cc1ccc2cc3c4c([n+](C)ccc4c2c1)-c1c(c(CC(C)(C)C)c2ccccc2c1C)S3. The van der Waals surface area contributed by atoms with Crippen molar-refractivity contribution in [2.24, 2.45) is 12.5 Å². The molecule has 5 aromatic rings. The molecule has 0 bridgehead atoms. The fourth-order valence-corrected chi connectivity index (χ4v) is 7.57. The highest BCUT2D eigenvalue weighted by atomic mass is 32.2. The van der Waals surface area contributed by atoms with Gasteiger partial charge < -0.3 is 4.85 Å². The van der Waals surface area contributed by atoms with Crippen LogP contribution in [-0.2, 0) is 19.9 Å². The zero-order chi connectivity index (χ0) is 27.0. The van der Waals surface area contributed by atoms with Crippen LogP contribution in [0.3, 0.4) is 0 Å². The Hall–Kier alpha value is -3.35. The Morgan fingerprint density at radius 3 is 2.32 bits per heavy atom. The summed E-state index contributed by atoms with van der Waals surface area (Å²) in [5.74, 6) is 0. The summed E-state index contributed by atoms with van der Waals surface area (Å²) >= 11 is 1.96. The predicted octanol–water partition coefficient (Wildman–Crippen LogP) is 9.24. The molecule has 4 aromatic carbocycles. The first-order valence-electron chi connectivity index (χ1n) is 13.5. The Morgan fingerprint density at radius 2 is 1.61 bits per heavy atom. The Kier molecular flexibility index (Phi) is 5.64. The number of nitrogens with zero attached hydrogens (tertiary/aromatic N) is 2. The Bertz CT molecular complexity index is 1830. The largest absolute Gasteiger partial charge is 0.311 e. The van der Waals surface area contributed by atoms with Crippen LogP contribution in [0.5, 0.6) is 0 Å². The van der Waals surface area contributed by atoms with Gasteiger partial charge in [-0.05, 0) is 63.1 Å². The fourth-order valence-electron chi connectivity index (χ4n) is 6.19. The maximum atomic E-state index is 7.60. The molecular formula is C35H35N2S+. The first-order valence-corrected chi connectivity index (χ1v) is 14.3. The average Bonchev–Trinajstić information content (AvgIpc) is 2.87. The van der Waals surface area contributed by atoms with E-state index in [1.165, 1.54) is 70.1 Å². The summed E-state index contributed by atoms with van der Waals surface area (Å²) in [4.78, 5) is 6.61. The van der Waals surface area contributed by atoms with E-state index >= 15 is 0 Å². The average molecular weight is 516 g/mol. The summed E-state index contributed by atoms with van der Waals surface area (Å²) in [5.41, 5.74) is 6.54. The molecule has 0 saturated heterocycles. The van der Waals surface area contributed by atoms with Gasteiger partial charge >= 0.3 is 0 Å². The number of pyridine rings is 1. The van der Waals surface area contributed by atoms with Crippen molar-refractivity contribution in [1.82, 2.24) is 0 Å². The van der Waals surface area contributed by atoms with Gasteiger partial charge in [0.2, 0.25) is 11.2 Å².